The molecule has 0 radical (unpaired) electrons. The van der Waals surface area contributed by atoms with Gasteiger partial charge in [-0.15, -0.1) is 0 Å². The number of carbonyl (C=O) groups excluding carboxylic acids is 1. The molecule has 1 fully saturated rings. The number of hydrogen-bond acceptors (Lipinski definition) is 3. The number of nitrogens with one attached hydrogen (secondary N) is 2. The standard InChI is InChI=1S/C18H27FN2O3/c1-24-12-16(22)8-11-20-17(23)21-13-18(9-2-3-10-18)14-4-6-15(19)7-5-14/h4-7,16,22H,2-3,8-13H2,1H3,(H2,20,21,23). The Morgan fingerprint density at radius 2 is 1.96 bits per heavy atom. The van der Waals surface area contributed by atoms with Crippen LogP contribution in [-0.4, -0.2) is 44.0 Å². The average molecular weight is 338 g/mol. The van der Waals surface area contributed by atoms with Gasteiger partial charge in [-0.3, -0.25) is 0 Å². The predicted molar refractivity (Wildman–Crippen MR) is 90.4 cm³/mol. The summed E-state index contributed by atoms with van der Waals surface area (Å²) >= 11 is 0. The second-order valence-electron chi connectivity index (χ2n) is 6.50. The van der Waals surface area contributed by atoms with Crippen molar-refractivity contribution < 1.29 is 19.0 Å². The molecule has 0 spiro atoms. The summed E-state index contributed by atoms with van der Waals surface area (Å²) < 4.78 is 18.0. The number of halogens is 1. The highest BCUT2D eigenvalue weighted by molar-refractivity contribution is 5.73. The van der Waals surface area contributed by atoms with Crippen molar-refractivity contribution in [1.82, 2.24) is 10.6 Å². The second kappa shape index (κ2) is 8.99. The van der Waals surface area contributed by atoms with Crippen molar-refractivity contribution in [2.75, 3.05) is 26.8 Å². The first-order valence-electron chi connectivity index (χ1n) is 8.50. The zero-order chi connectivity index (χ0) is 17.4. The number of amides is 2. The van der Waals surface area contributed by atoms with Gasteiger partial charge < -0.3 is 20.5 Å². The van der Waals surface area contributed by atoms with Crippen LogP contribution in [0.1, 0.15) is 37.7 Å². The number of methoxy groups -OCH3 is 1. The van der Waals surface area contributed by atoms with Crippen molar-refractivity contribution in [2.24, 2.45) is 0 Å². The molecule has 5 nitrogen and oxygen atoms in total. The third-order valence-electron chi connectivity index (χ3n) is 4.73. The van der Waals surface area contributed by atoms with Gasteiger partial charge in [0.25, 0.3) is 0 Å². The van der Waals surface area contributed by atoms with Gasteiger partial charge in [-0.2, -0.15) is 0 Å². The fourth-order valence-electron chi connectivity index (χ4n) is 3.36. The van der Waals surface area contributed by atoms with Gasteiger partial charge in [-0.1, -0.05) is 25.0 Å². The summed E-state index contributed by atoms with van der Waals surface area (Å²) in [7, 11) is 1.53. The molecular formula is C18H27FN2O3. The fraction of sp³-hybridized carbons (Fsp3) is 0.611. The van der Waals surface area contributed by atoms with E-state index in [9.17, 15) is 14.3 Å². The summed E-state index contributed by atoms with van der Waals surface area (Å²) in [5, 5.41) is 15.2. The van der Waals surface area contributed by atoms with Crippen LogP contribution >= 0.6 is 0 Å². The Hall–Kier alpha value is -1.66. The number of ether oxygens (including phenoxy) is 1. The normalized spacial score (nSPS) is 17.5. The molecule has 2 amide bonds. The van der Waals surface area contributed by atoms with Gasteiger partial charge in [0, 0.05) is 25.6 Å². The molecule has 1 aromatic carbocycles. The Bertz CT molecular complexity index is 516. The Kier molecular flexibility index (Phi) is 6.99. The summed E-state index contributed by atoms with van der Waals surface area (Å²) in [4.78, 5) is 12.0. The van der Waals surface area contributed by atoms with E-state index in [0.29, 0.717) is 19.5 Å². The van der Waals surface area contributed by atoms with Crippen molar-refractivity contribution in [3.8, 4) is 0 Å². The second-order valence-corrected chi connectivity index (χ2v) is 6.50. The molecule has 3 N–H and O–H groups in total. The van der Waals surface area contributed by atoms with Crippen LogP contribution in [0.15, 0.2) is 24.3 Å². The maximum atomic E-state index is 13.2. The van der Waals surface area contributed by atoms with E-state index >= 15 is 0 Å². The summed E-state index contributed by atoms with van der Waals surface area (Å²) in [5.74, 6) is -0.243. The van der Waals surface area contributed by atoms with Crippen molar-refractivity contribution in [3.05, 3.63) is 35.6 Å². The van der Waals surface area contributed by atoms with E-state index in [1.54, 1.807) is 0 Å². The molecular weight excluding hydrogens is 311 g/mol. The summed E-state index contributed by atoms with van der Waals surface area (Å²) in [5.41, 5.74) is 0.970. The minimum absolute atomic E-state index is 0.111. The third kappa shape index (κ3) is 5.18. The smallest absolute Gasteiger partial charge is 0.314 e. The molecule has 1 aliphatic carbocycles. The lowest BCUT2D eigenvalue weighted by atomic mass is 9.79. The lowest BCUT2D eigenvalue weighted by Gasteiger charge is -2.30. The Balaban J connectivity index is 1.83. The number of urea groups is 1. The first kappa shape index (κ1) is 18.7. The first-order valence-corrected chi connectivity index (χ1v) is 8.50. The zero-order valence-electron chi connectivity index (χ0n) is 14.2. The van der Waals surface area contributed by atoms with Crippen LogP contribution in [0.5, 0.6) is 0 Å². The maximum Gasteiger partial charge on any atom is 0.314 e. The van der Waals surface area contributed by atoms with Crippen LogP contribution in [0.3, 0.4) is 0 Å². The molecule has 1 aliphatic rings. The van der Waals surface area contributed by atoms with Crippen molar-refractivity contribution >= 4 is 6.03 Å². The minimum atomic E-state index is -0.573. The first-order chi connectivity index (χ1) is 11.6. The van der Waals surface area contributed by atoms with E-state index in [2.05, 4.69) is 10.6 Å². The number of aliphatic hydroxyl groups is 1. The zero-order valence-corrected chi connectivity index (χ0v) is 14.2. The summed E-state index contributed by atoms with van der Waals surface area (Å²) in [6.07, 6.45) is 4.09. The van der Waals surface area contributed by atoms with E-state index in [-0.39, 0.29) is 23.9 Å². The topological polar surface area (TPSA) is 70.6 Å². The maximum absolute atomic E-state index is 13.2. The number of aliphatic hydroxyl groups excluding tert-OH is 1. The molecule has 0 aromatic heterocycles. The van der Waals surface area contributed by atoms with Crippen LogP contribution in [0.25, 0.3) is 0 Å². The third-order valence-corrected chi connectivity index (χ3v) is 4.73. The number of carbonyl (C=O) groups is 1. The SMILES string of the molecule is COCC(O)CCNC(=O)NCC1(c2ccc(F)cc2)CCCC1. The molecule has 1 unspecified atom stereocenters. The van der Waals surface area contributed by atoms with Crippen LogP contribution in [0.2, 0.25) is 0 Å². The lowest BCUT2D eigenvalue weighted by Crippen LogP contribution is -2.44. The molecule has 6 heteroatoms. The highest BCUT2D eigenvalue weighted by Crippen LogP contribution is 2.40. The molecule has 1 atom stereocenters. The highest BCUT2D eigenvalue weighted by Gasteiger charge is 2.35. The number of hydrogen-bond donors (Lipinski definition) is 3. The van der Waals surface area contributed by atoms with Gasteiger partial charge in [-0.25, -0.2) is 9.18 Å². The van der Waals surface area contributed by atoms with E-state index in [0.717, 1.165) is 31.2 Å². The Morgan fingerprint density at radius 1 is 1.29 bits per heavy atom. The number of rotatable bonds is 8. The van der Waals surface area contributed by atoms with Gasteiger partial charge in [0.2, 0.25) is 0 Å². The van der Waals surface area contributed by atoms with Crippen molar-refractivity contribution in [2.45, 2.75) is 43.6 Å². The summed E-state index contributed by atoms with van der Waals surface area (Å²) in [6, 6.07) is 6.36. The molecule has 0 saturated heterocycles. The van der Waals surface area contributed by atoms with Crippen LogP contribution in [0.4, 0.5) is 9.18 Å². The van der Waals surface area contributed by atoms with Gasteiger partial charge in [0.15, 0.2) is 0 Å². The van der Waals surface area contributed by atoms with Crippen molar-refractivity contribution in [3.63, 3.8) is 0 Å². The van der Waals surface area contributed by atoms with Gasteiger partial charge >= 0.3 is 6.03 Å². The molecule has 24 heavy (non-hydrogen) atoms. The largest absolute Gasteiger partial charge is 0.391 e. The number of benzene rings is 1. The predicted octanol–water partition coefficient (Wildman–Crippen LogP) is 2.33. The fourth-order valence-corrected chi connectivity index (χ4v) is 3.36. The highest BCUT2D eigenvalue weighted by atomic mass is 19.1. The quantitative estimate of drug-likeness (QED) is 0.681. The van der Waals surface area contributed by atoms with Gasteiger partial charge in [-0.05, 0) is 37.0 Å². The molecule has 2 rings (SSSR count). The lowest BCUT2D eigenvalue weighted by molar-refractivity contribution is 0.0598. The van der Waals surface area contributed by atoms with E-state index in [1.807, 2.05) is 12.1 Å². The average Bonchev–Trinajstić information content (AvgIpc) is 3.04. The van der Waals surface area contributed by atoms with Crippen LogP contribution in [-0.2, 0) is 10.2 Å². The molecule has 0 heterocycles. The molecule has 1 aromatic rings. The van der Waals surface area contributed by atoms with Crippen LogP contribution in [0, 0.1) is 5.82 Å². The molecule has 0 aliphatic heterocycles. The molecule has 0 bridgehead atoms. The van der Waals surface area contributed by atoms with Gasteiger partial charge in [0.1, 0.15) is 5.82 Å². The van der Waals surface area contributed by atoms with Crippen LogP contribution < -0.4 is 10.6 Å². The summed E-state index contributed by atoms with van der Waals surface area (Å²) in [6.45, 7) is 1.18. The van der Waals surface area contributed by atoms with Crippen molar-refractivity contribution in [1.29, 1.82) is 0 Å². The molecule has 134 valence electrons. The van der Waals surface area contributed by atoms with E-state index < -0.39 is 6.10 Å². The van der Waals surface area contributed by atoms with E-state index in [1.165, 1.54) is 19.2 Å². The van der Waals surface area contributed by atoms with Gasteiger partial charge in [0.05, 0.1) is 12.7 Å². The Labute approximate surface area is 142 Å². The molecule has 1 saturated carbocycles. The van der Waals surface area contributed by atoms with E-state index in [4.69, 9.17) is 4.74 Å². The minimum Gasteiger partial charge on any atom is -0.391 e. The monoisotopic (exact) mass is 338 g/mol. The Morgan fingerprint density at radius 3 is 2.58 bits per heavy atom.